The number of hydrogen-bond donors (Lipinski definition) is 2. The van der Waals surface area contributed by atoms with E-state index in [1.165, 1.54) is 0 Å². The van der Waals surface area contributed by atoms with Crippen molar-refractivity contribution in [2.45, 2.75) is 38.7 Å². The van der Waals surface area contributed by atoms with E-state index < -0.39 is 5.60 Å². The van der Waals surface area contributed by atoms with Gasteiger partial charge < -0.3 is 20.5 Å². The maximum atomic E-state index is 10.2. The molecule has 0 aromatic heterocycles. The Balaban J connectivity index is 2.15. The largest absolute Gasteiger partial charge is 0.491 e. The van der Waals surface area contributed by atoms with Gasteiger partial charge in [-0.3, -0.25) is 0 Å². The lowest BCUT2D eigenvalue weighted by atomic mass is 9.95. The summed E-state index contributed by atoms with van der Waals surface area (Å²) in [4.78, 5) is 2.20. The number of benzene rings is 1. The molecule has 1 unspecified atom stereocenters. The van der Waals surface area contributed by atoms with Crippen LogP contribution < -0.4 is 15.4 Å². The number of nitrogen functional groups attached to an aromatic ring is 1. The van der Waals surface area contributed by atoms with Crippen molar-refractivity contribution in [2.24, 2.45) is 0 Å². The van der Waals surface area contributed by atoms with E-state index in [1.54, 1.807) is 0 Å². The van der Waals surface area contributed by atoms with Crippen molar-refractivity contribution in [3.05, 3.63) is 18.2 Å². The molecular weight excluding hydrogens is 240 g/mol. The molecule has 0 amide bonds. The minimum atomic E-state index is -0.607. The molecule has 19 heavy (non-hydrogen) atoms. The third-order valence-corrected chi connectivity index (χ3v) is 3.50. The van der Waals surface area contributed by atoms with E-state index in [9.17, 15) is 5.11 Å². The Morgan fingerprint density at radius 2 is 2.26 bits per heavy atom. The van der Waals surface area contributed by atoms with E-state index in [0.29, 0.717) is 18.8 Å². The number of nitrogens with two attached hydrogens (primary N) is 1. The minimum Gasteiger partial charge on any atom is -0.491 e. The molecule has 0 spiro atoms. The van der Waals surface area contributed by atoms with Crippen LogP contribution in [0.4, 0.5) is 11.4 Å². The number of β-amino-alcohol motifs (C(OH)–C–C–N with tert-alkyl or cyclic N) is 1. The van der Waals surface area contributed by atoms with Gasteiger partial charge in [0, 0.05) is 24.8 Å². The highest BCUT2D eigenvalue weighted by molar-refractivity contribution is 5.62. The third-order valence-electron chi connectivity index (χ3n) is 3.50. The van der Waals surface area contributed by atoms with Gasteiger partial charge in [-0.2, -0.15) is 0 Å². The van der Waals surface area contributed by atoms with Gasteiger partial charge >= 0.3 is 0 Å². The number of hydrogen-bond acceptors (Lipinski definition) is 4. The Morgan fingerprint density at radius 1 is 1.47 bits per heavy atom. The second-order valence-electron chi connectivity index (χ2n) is 5.59. The summed E-state index contributed by atoms with van der Waals surface area (Å²) < 4.78 is 5.66. The quantitative estimate of drug-likeness (QED) is 0.820. The minimum absolute atomic E-state index is 0.607. The number of anilines is 2. The molecule has 1 aromatic rings. The molecule has 1 aliphatic heterocycles. The first-order valence-corrected chi connectivity index (χ1v) is 7.01. The van der Waals surface area contributed by atoms with Crippen LogP contribution in [0.5, 0.6) is 5.75 Å². The van der Waals surface area contributed by atoms with Gasteiger partial charge in [0.1, 0.15) is 5.75 Å². The molecule has 1 aromatic carbocycles. The van der Waals surface area contributed by atoms with Crippen LogP contribution in [-0.2, 0) is 0 Å². The highest BCUT2D eigenvalue weighted by Gasteiger charge is 2.28. The first-order chi connectivity index (χ1) is 9.02. The van der Waals surface area contributed by atoms with Crippen LogP contribution in [0.15, 0.2) is 18.2 Å². The van der Waals surface area contributed by atoms with Crippen molar-refractivity contribution in [1.29, 1.82) is 0 Å². The number of piperidine rings is 1. The van der Waals surface area contributed by atoms with Crippen molar-refractivity contribution in [2.75, 3.05) is 30.3 Å². The van der Waals surface area contributed by atoms with Crippen molar-refractivity contribution in [1.82, 2.24) is 0 Å². The van der Waals surface area contributed by atoms with Crippen molar-refractivity contribution in [3.8, 4) is 5.75 Å². The Hall–Kier alpha value is -1.42. The molecule has 1 fully saturated rings. The average Bonchev–Trinajstić information content (AvgIpc) is 2.36. The van der Waals surface area contributed by atoms with Crippen LogP contribution in [-0.4, -0.2) is 30.4 Å². The van der Waals surface area contributed by atoms with Crippen LogP contribution in [0.3, 0.4) is 0 Å². The summed E-state index contributed by atoms with van der Waals surface area (Å²) in [6.45, 7) is 6.26. The Morgan fingerprint density at radius 3 is 2.95 bits per heavy atom. The Kier molecular flexibility index (Phi) is 4.20. The number of rotatable bonds is 4. The van der Waals surface area contributed by atoms with E-state index in [1.807, 2.05) is 25.1 Å². The molecule has 1 saturated heterocycles. The van der Waals surface area contributed by atoms with E-state index in [2.05, 4.69) is 11.8 Å². The SMILES string of the molecule is CCCOc1cc(N2CCCC(C)(O)C2)ccc1N. The van der Waals surface area contributed by atoms with Crippen LogP contribution in [0, 0.1) is 0 Å². The summed E-state index contributed by atoms with van der Waals surface area (Å²) in [6.07, 6.45) is 2.82. The monoisotopic (exact) mass is 264 g/mol. The summed E-state index contributed by atoms with van der Waals surface area (Å²) in [5, 5.41) is 10.2. The van der Waals surface area contributed by atoms with E-state index in [0.717, 1.165) is 37.2 Å². The number of aliphatic hydroxyl groups is 1. The van der Waals surface area contributed by atoms with Crippen LogP contribution >= 0.6 is 0 Å². The molecule has 4 nitrogen and oxygen atoms in total. The zero-order valence-corrected chi connectivity index (χ0v) is 11.9. The topological polar surface area (TPSA) is 58.7 Å². The molecule has 2 rings (SSSR count). The lowest BCUT2D eigenvalue weighted by Gasteiger charge is -2.38. The lowest BCUT2D eigenvalue weighted by molar-refractivity contribution is 0.0449. The van der Waals surface area contributed by atoms with Gasteiger partial charge in [0.2, 0.25) is 0 Å². The van der Waals surface area contributed by atoms with E-state index >= 15 is 0 Å². The number of nitrogens with zero attached hydrogens (tertiary/aromatic N) is 1. The lowest BCUT2D eigenvalue weighted by Crippen LogP contribution is -2.46. The fourth-order valence-corrected chi connectivity index (χ4v) is 2.50. The van der Waals surface area contributed by atoms with Crippen molar-refractivity contribution < 1.29 is 9.84 Å². The van der Waals surface area contributed by atoms with Gasteiger partial charge in [-0.15, -0.1) is 0 Å². The van der Waals surface area contributed by atoms with Gasteiger partial charge in [-0.25, -0.2) is 0 Å². The van der Waals surface area contributed by atoms with Gasteiger partial charge in [-0.05, 0) is 38.3 Å². The predicted octanol–water partition coefficient (Wildman–Crippen LogP) is 2.41. The molecule has 1 aliphatic rings. The molecule has 106 valence electrons. The molecule has 1 atom stereocenters. The predicted molar refractivity (Wildman–Crippen MR) is 78.7 cm³/mol. The van der Waals surface area contributed by atoms with E-state index in [4.69, 9.17) is 10.5 Å². The van der Waals surface area contributed by atoms with Gasteiger partial charge in [0.25, 0.3) is 0 Å². The molecule has 0 bridgehead atoms. The molecule has 3 N–H and O–H groups in total. The third kappa shape index (κ3) is 3.53. The molecule has 0 radical (unpaired) electrons. The Bertz CT molecular complexity index is 432. The molecule has 0 saturated carbocycles. The van der Waals surface area contributed by atoms with Gasteiger partial charge in [-0.1, -0.05) is 6.92 Å². The normalized spacial score (nSPS) is 23.4. The number of ether oxygens (including phenoxy) is 1. The van der Waals surface area contributed by atoms with Crippen LogP contribution in [0.25, 0.3) is 0 Å². The molecular formula is C15H24N2O2. The highest BCUT2D eigenvalue weighted by atomic mass is 16.5. The maximum absolute atomic E-state index is 10.2. The van der Waals surface area contributed by atoms with Crippen molar-refractivity contribution >= 4 is 11.4 Å². The average molecular weight is 264 g/mol. The van der Waals surface area contributed by atoms with Gasteiger partial charge in [0.05, 0.1) is 17.9 Å². The summed E-state index contributed by atoms with van der Waals surface area (Å²) >= 11 is 0. The second-order valence-corrected chi connectivity index (χ2v) is 5.59. The molecule has 1 heterocycles. The van der Waals surface area contributed by atoms with Crippen molar-refractivity contribution in [3.63, 3.8) is 0 Å². The molecule has 4 heteroatoms. The first kappa shape index (κ1) is 14.0. The van der Waals surface area contributed by atoms with Crippen LogP contribution in [0.2, 0.25) is 0 Å². The van der Waals surface area contributed by atoms with Crippen LogP contribution in [0.1, 0.15) is 33.1 Å². The smallest absolute Gasteiger partial charge is 0.144 e. The van der Waals surface area contributed by atoms with Gasteiger partial charge in [0.15, 0.2) is 0 Å². The summed E-state index contributed by atoms with van der Waals surface area (Å²) in [5.74, 6) is 0.740. The van der Waals surface area contributed by atoms with E-state index in [-0.39, 0.29) is 0 Å². The highest BCUT2D eigenvalue weighted by Crippen LogP contribution is 2.31. The Labute approximate surface area is 115 Å². The fourth-order valence-electron chi connectivity index (χ4n) is 2.50. The standard InChI is InChI=1S/C15H24N2O2/c1-3-9-19-14-10-12(5-6-13(14)16)17-8-4-7-15(2,18)11-17/h5-6,10,18H,3-4,7-9,11,16H2,1-2H3. The summed E-state index contributed by atoms with van der Waals surface area (Å²) in [5.41, 5.74) is 7.05. The summed E-state index contributed by atoms with van der Waals surface area (Å²) in [6, 6.07) is 5.85. The second kappa shape index (κ2) is 5.70. The summed E-state index contributed by atoms with van der Waals surface area (Å²) in [7, 11) is 0. The first-order valence-electron chi connectivity index (χ1n) is 7.01. The fraction of sp³-hybridized carbons (Fsp3) is 0.600. The molecule has 0 aliphatic carbocycles. The zero-order valence-electron chi connectivity index (χ0n) is 11.9. The maximum Gasteiger partial charge on any atom is 0.144 e. The zero-order chi connectivity index (χ0) is 13.9.